The minimum atomic E-state index is -0.238. The molecule has 0 aliphatic carbocycles. The summed E-state index contributed by atoms with van der Waals surface area (Å²) in [6, 6.07) is 6.20. The van der Waals surface area contributed by atoms with Crippen LogP contribution in [0.25, 0.3) is 11.3 Å². The molecule has 1 aromatic carbocycles. The molecule has 18 heavy (non-hydrogen) atoms. The normalized spacial score (nSPS) is 10.4. The lowest BCUT2D eigenvalue weighted by molar-refractivity contribution is -0.113. The van der Waals surface area contributed by atoms with E-state index in [9.17, 15) is 4.79 Å². The van der Waals surface area contributed by atoms with Crippen LogP contribution in [-0.4, -0.2) is 16.8 Å². The first-order valence-corrected chi connectivity index (χ1v) is 6.90. The Balaban J connectivity index is 2.23. The van der Waals surface area contributed by atoms with Crippen molar-refractivity contribution in [1.82, 2.24) is 4.98 Å². The van der Waals surface area contributed by atoms with Crippen molar-refractivity contribution in [2.24, 2.45) is 0 Å². The molecule has 0 saturated carbocycles. The smallest absolute Gasteiger partial charge is 0.241 e. The molecule has 1 amide bonds. The number of nitrogens with zero attached hydrogens (tertiary/aromatic N) is 1. The first kappa shape index (κ1) is 13.1. The Morgan fingerprint density at radius 2 is 2.17 bits per heavy atom. The van der Waals surface area contributed by atoms with Crippen LogP contribution < -0.4 is 5.32 Å². The van der Waals surface area contributed by atoms with E-state index in [4.69, 9.17) is 11.6 Å². The van der Waals surface area contributed by atoms with Crippen molar-refractivity contribution in [3.05, 3.63) is 34.7 Å². The fourth-order valence-corrected chi connectivity index (χ4v) is 2.32. The number of amides is 1. The lowest BCUT2D eigenvalue weighted by Gasteiger charge is -2.02. The second-order valence-corrected chi connectivity index (χ2v) is 5.14. The van der Waals surface area contributed by atoms with Crippen molar-refractivity contribution in [3.63, 3.8) is 0 Å². The van der Waals surface area contributed by atoms with Crippen molar-refractivity contribution < 1.29 is 4.79 Å². The summed E-state index contributed by atoms with van der Waals surface area (Å²) in [6.45, 7) is 4.15. The summed E-state index contributed by atoms with van der Waals surface area (Å²) in [7, 11) is 0. The second-order valence-electron chi connectivity index (χ2n) is 4.02. The monoisotopic (exact) mass is 280 g/mol. The Morgan fingerprint density at radius 1 is 1.39 bits per heavy atom. The van der Waals surface area contributed by atoms with Gasteiger partial charge in [0, 0.05) is 10.9 Å². The van der Waals surface area contributed by atoms with Crippen LogP contribution in [0.5, 0.6) is 0 Å². The second kappa shape index (κ2) is 5.50. The zero-order valence-corrected chi connectivity index (χ0v) is 11.7. The molecule has 2 aromatic rings. The topological polar surface area (TPSA) is 42.0 Å². The number of thiazole rings is 1. The summed E-state index contributed by atoms with van der Waals surface area (Å²) in [5.74, 6) is -0.295. The van der Waals surface area contributed by atoms with E-state index in [1.807, 2.05) is 11.4 Å². The van der Waals surface area contributed by atoms with Crippen LogP contribution >= 0.6 is 22.9 Å². The number of carbonyl (C=O) groups excluding carboxylic acids is 1. The Hall–Kier alpha value is -1.39. The highest BCUT2D eigenvalue weighted by molar-refractivity contribution is 7.14. The van der Waals surface area contributed by atoms with E-state index in [0.717, 1.165) is 11.3 Å². The van der Waals surface area contributed by atoms with Crippen LogP contribution in [0.4, 0.5) is 5.13 Å². The molecule has 0 spiro atoms. The maximum absolute atomic E-state index is 11.1. The number of aromatic nitrogens is 1. The maximum Gasteiger partial charge on any atom is 0.241 e. The molecule has 1 aromatic heterocycles. The number of benzene rings is 1. The van der Waals surface area contributed by atoms with Gasteiger partial charge in [-0.1, -0.05) is 12.1 Å². The molecule has 1 heterocycles. The lowest BCUT2D eigenvalue weighted by atomic mass is 10.1. The Morgan fingerprint density at radius 3 is 2.83 bits per heavy atom. The molecule has 94 valence electrons. The summed E-state index contributed by atoms with van der Waals surface area (Å²) >= 11 is 6.83. The van der Waals surface area contributed by atoms with E-state index in [-0.39, 0.29) is 11.8 Å². The van der Waals surface area contributed by atoms with Gasteiger partial charge in [0.25, 0.3) is 0 Å². The maximum atomic E-state index is 11.1. The summed E-state index contributed by atoms with van der Waals surface area (Å²) in [5, 5.41) is 5.15. The molecule has 3 nitrogen and oxygen atoms in total. The molecule has 0 radical (unpaired) electrons. The zero-order valence-electron chi connectivity index (χ0n) is 10.2. The number of nitrogens with one attached hydrogen (secondary N) is 1. The van der Waals surface area contributed by atoms with Crippen LogP contribution in [0.2, 0.25) is 0 Å². The molecule has 2 rings (SSSR count). The van der Waals surface area contributed by atoms with Gasteiger partial charge >= 0.3 is 0 Å². The minimum absolute atomic E-state index is 0.0570. The fourth-order valence-electron chi connectivity index (χ4n) is 1.52. The van der Waals surface area contributed by atoms with Gasteiger partial charge in [0.2, 0.25) is 5.91 Å². The lowest BCUT2D eigenvalue weighted by Crippen LogP contribution is -2.12. The molecular weight excluding hydrogens is 268 g/mol. The largest absolute Gasteiger partial charge is 0.301 e. The van der Waals surface area contributed by atoms with E-state index >= 15 is 0 Å². The van der Waals surface area contributed by atoms with Gasteiger partial charge in [0.05, 0.1) is 5.69 Å². The van der Waals surface area contributed by atoms with Crippen LogP contribution in [0, 0.1) is 13.8 Å². The van der Waals surface area contributed by atoms with Gasteiger partial charge in [0.15, 0.2) is 5.13 Å². The standard InChI is InChI=1S/C13H13ClN2OS/c1-8-3-4-10(5-9(8)2)11-7-18-13(15-11)16-12(17)6-14/h3-5,7H,6H2,1-2H3,(H,15,16,17). The van der Waals surface area contributed by atoms with E-state index in [1.165, 1.54) is 22.5 Å². The van der Waals surface area contributed by atoms with E-state index in [0.29, 0.717) is 5.13 Å². The zero-order chi connectivity index (χ0) is 13.1. The summed E-state index contributed by atoms with van der Waals surface area (Å²) in [5.41, 5.74) is 4.41. The molecule has 5 heteroatoms. The SMILES string of the molecule is Cc1ccc(-c2csc(NC(=O)CCl)n2)cc1C. The molecule has 0 aliphatic rings. The van der Waals surface area contributed by atoms with Crippen molar-refractivity contribution in [1.29, 1.82) is 0 Å². The third-order valence-corrected chi connectivity index (χ3v) is 3.68. The summed E-state index contributed by atoms with van der Waals surface area (Å²) in [6.07, 6.45) is 0. The fraction of sp³-hybridized carbons (Fsp3) is 0.231. The van der Waals surface area contributed by atoms with Crippen molar-refractivity contribution in [3.8, 4) is 11.3 Å². The van der Waals surface area contributed by atoms with E-state index < -0.39 is 0 Å². The average Bonchev–Trinajstić information content (AvgIpc) is 2.81. The van der Waals surface area contributed by atoms with Crippen LogP contribution in [0.15, 0.2) is 23.6 Å². The van der Waals surface area contributed by atoms with Crippen LogP contribution in [0.1, 0.15) is 11.1 Å². The number of hydrogen-bond acceptors (Lipinski definition) is 3. The molecule has 0 fully saturated rings. The van der Waals surface area contributed by atoms with Gasteiger partial charge in [0.1, 0.15) is 5.88 Å². The first-order chi connectivity index (χ1) is 8.60. The number of anilines is 1. The minimum Gasteiger partial charge on any atom is -0.301 e. The van der Waals surface area contributed by atoms with Crippen LogP contribution in [0.3, 0.4) is 0 Å². The van der Waals surface area contributed by atoms with Gasteiger partial charge in [-0.25, -0.2) is 4.98 Å². The Kier molecular flexibility index (Phi) is 3.99. The first-order valence-electron chi connectivity index (χ1n) is 5.49. The highest BCUT2D eigenvalue weighted by atomic mass is 35.5. The Bertz CT molecular complexity index is 580. The predicted octanol–water partition coefficient (Wildman–Crippen LogP) is 3.60. The van der Waals surface area contributed by atoms with Gasteiger partial charge in [-0.15, -0.1) is 22.9 Å². The highest BCUT2D eigenvalue weighted by Gasteiger charge is 2.07. The van der Waals surface area contributed by atoms with Gasteiger partial charge in [-0.2, -0.15) is 0 Å². The summed E-state index contributed by atoms with van der Waals surface area (Å²) in [4.78, 5) is 15.5. The van der Waals surface area contributed by atoms with E-state index in [1.54, 1.807) is 0 Å². The summed E-state index contributed by atoms with van der Waals surface area (Å²) < 4.78 is 0. The quantitative estimate of drug-likeness (QED) is 0.873. The number of carbonyl (C=O) groups is 1. The molecule has 0 atom stereocenters. The molecule has 0 bridgehead atoms. The number of halogens is 1. The van der Waals surface area contributed by atoms with E-state index in [2.05, 4.69) is 36.3 Å². The van der Waals surface area contributed by atoms with Gasteiger partial charge < -0.3 is 5.32 Å². The molecule has 0 aliphatic heterocycles. The predicted molar refractivity (Wildman–Crippen MR) is 76.4 cm³/mol. The number of rotatable bonds is 3. The average molecular weight is 281 g/mol. The number of alkyl halides is 1. The Labute approximate surface area is 115 Å². The molecule has 0 saturated heterocycles. The molecule has 1 N–H and O–H groups in total. The van der Waals surface area contributed by atoms with Crippen LogP contribution in [-0.2, 0) is 4.79 Å². The molecular formula is C13H13ClN2OS. The third kappa shape index (κ3) is 2.89. The highest BCUT2D eigenvalue weighted by Crippen LogP contribution is 2.26. The van der Waals surface area contributed by atoms with Gasteiger partial charge in [-0.3, -0.25) is 4.79 Å². The van der Waals surface area contributed by atoms with Crippen molar-refractivity contribution >= 4 is 34.0 Å². The van der Waals surface area contributed by atoms with Gasteiger partial charge in [-0.05, 0) is 31.0 Å². The van der Waals surface area contributed by atoms with Crippen molar-refractivity contribution in [2.45, 2.75) is 13.8 Å². The molecule has 0 unspecified atom stereocenters. The number of aryl methyl sites for hydroxylation is 2. The third-order valence-electron chi connectivity index (χ3n) is 2.67. The van der Waals surface area contributed by atoms with Crippen molar-refractivity contribution in [2.75, 3.05) is 11.2 Å². The number of hydrogen-bond donors (Lipinski definition) is 1.